The predicted octanol–water partition coefficient (Wildman–Crippen LogP) is 3.21. The summed E-state index contributed by atoms with van der Waals surface area (Å²) in [5, 5.41) is 4.58. The summed E-state index contributed by atoms with van der Waals surface area (Å²) in [6.45, 7) is 5.09. The van der Waals surface area contributed by atoms with Crippen LogP contribution >= 0.6 is 11.8 Å². The van der Waals surface area contributed by atoms with Gasteiger partial charge in [0.15, 0.2) is 0 Å². The maximum Gasteiger partial charge on any atom is 0.240 e. The molecular formula is C20H24FN3O4S2. The minimum absolute atomic E-state index is 0.0268. The van der Waals surface area contributed by atoms with Crippen LogP contribution in [-0.2, 0) is 19.6 Å². The van der Waals surface area contributed by atoms with E-state index in [-0.39, 0.29) is 28.3 Å². The van der Waals surface area contributed by atoms with Gasteiger partial charge in [0, 0.05) is 11.7 Å². The van der Waals surface area contributed by atoms with Crippen LogP contribution in [0.5, 0.6) is 0 Å². The number of amides is 2. The summed E-state index contributed by atoms with van der Waals surface area (Å²) in [5.41, 5.74) is 0.522. The molecule has 0 aromatic heterocycles. The quantitative estimate of drug-likeness (QED) is 0.541. The third-order valence-corrected chi connectivity index (χ3v) is 6.62. The van der Waals surface area contributed by atoms with Crippen LogP contribution in [0.1, 0.15) is 20.8 Å². The van der Waals surface area contributed by atoms with Crippen molar-refractivity contribution in [2.24, 2.45) is 0 Å². The molecular weight excluding hydrogens is 429 g/mol. The first-order valence-electron chi connectivity index (χ1n) is 9.17. The normalized spacial score (nSPS) is 12.4. The van der Waals surface area contributed by atoms with Crippen LogP contribution < -0.4 is 15.4 Å². The van der Waals surface area contributed by atoms with Gasteiger partial charge in [-0.2, -0.15) is 0 Å². The lowest BCUT2D eigenvalue weighted by molar-refractivity contribution is -0.115. The summed E-state index contributed by atoms with van der Waals surface area (Å²) in [6, 6.07) is 11.4. The van der Waals surface area contributed by atoms with Gasteiger partial charge in [-0.15, -0.1) is 11.8 Å². The minimum Gasteiger partial charge on any atom is -0.325 e. The second-order valence-electron chi connectivity index (χ2n) is 6.77. The standard InChI is InChI=1S/C20H24FN3O4S2/c1-13(2)24-30(27,28)16-10-8-15(9-11-16)22-20(26)14(3)29-12-19(25)23-18-7-5-4-6-17(18)21/h4-11,13-14,24H,12H2,1-3H3,(H,22,26)(H,23,25)/t14-/m1/s1. The Hall–Kier alpha value is -2.43. The highest BCUT2D eigenvalue weighted by molar-refractivity contribution is 8.01. The molecule has 0 unspecified atom stereocenters. The zero-order valence-corrected chi connectivity index (χ0v) is 18.4. The number of hydrogen-bond donors (Lipinski definition) is 3. The number of anilines is 2. The summed E-state index contributed by atoms with van der Waals surface area (Å²) in [7, 11) is -3.61. The van der Waals surface area contributed by atoms with Crippen molar-refractivity contribution in [1.82, 2.24) is 4.72 Å². The lowest BCUT2D eigenvalue weighted by Crippen LogP contribution is -2.30. The van der Waals surface area contributed by atoms with E-state index in [0.29, 0.717) is 5.69 Å². The summed E-state index contributed by atoms with van der Waals surface area (Å²) in [5.74, 6) is -1.32. The first kappa shape index (κ1) is 23.8. The largest absolute Gasteiger partial charge is 0.325 e. The van der Waals surface area contributed by atoms with Crippen molar-refractivity contribution in [3.63, 3.8) is 0 Å². The number of para-hydroxylation sites is 1. The third-order valence-electron chi connectivity index (χ3n) is 3.80. The highest BCUT2D eigenvalue weighted by Gasteiger charge is 2.18. The number of rotatable bonds is 9. The topological polar surface area (TPSA) is 104 Å². The van der Waals surface area contributed by atoms with Crippen LogP contribution in [0.15, 0.2) is 53.4 Å². The molecule has 0 bridgehead atoms. The van der Waals surface area contributed by atoms with Crippen LogP contribution in [-0.4, -0.2) is 37.3 Å². The summed E-state index contributed by atoms with van der Waals surface area (Å²) in [6.07, 6.45) is 0. The molecule has 0 aliphatic rings. The van der Waals surface area contributed by atoms with Crippen LogP contribution in [0.25, 0.3) is 0 Å². The molecule has 2 aromatic rings. The van der Waals surface area contributed by atoms with Gasteiger partial charge in [-0.3, -0.25) is 9.59 Å². The fourth-order valence-electron chi connectivity index (χ4n) is 2.36. The fraction of sp³-hybridized carbons (Fsp3) is 0.300. The van der Waals surface area contributed by atoms with Gasteiger partial charge in [0.05, 0.1) is 21.6 Å². The molecule has 0 radical (unpaired) electrons. The molecule has 0 aliphatic carbocycles. The van der Waals surface area contributed by atoms with Gasteiger partial charge in [0.2, 0.25) is 21.8 Å². The molecule has 3 N–H and O–H groups in total. The van der Waals surface area contributed by atoms with E-state index >= 15 is 0 Å². The van der Waals surface area contributed by atoms with Crippen LogP contribution in [0, 0.1) is 5.82 Å². The third kappa shape index (κ3) is 7.12. The van der Waals surface area contributed by atoms with Gasteiger partial charge in [-0.05, 0) is 57.2 Å². The van der Waals surface area contributed by atoms with E-state index < -0.39 is 27.0 Å². The molecule has 30 heavy (non-hydrogen) atoms. The second-order valence-corrected chi connectivity index (χ2v) is 9.81. The van der Waals surface area contributed by atoms with E-state index in [1.807, 2.05) is 0 Å². The molecule has 0 heterocycles. The molecule has 2 aromatic carbocycles. The SMILES string of the molecule is CC(C)NS(=O)(=O)c1ccc(NC(=O)[C@@H](C)SCC(=O)Nc2ccccc2F)cc1. The van der Waals surface area contributed by atoms with E-state index in [1.165, 1.54) is 42.5 Å². The van der Waals surface area contributed by atoms with Gasteiger partial charge in [0.25, 0.3) is 0 Å². The average Bonchev–Trinajstić information content (AvgIpc) is 2.67. The van der Waals surface area contributed by atoms with Crippen molar-refractivity contribution in [3.05, 3.63) is 54.3 Å². The van der Waals surface area contributed by atoms with Gasteiger partial charge < -0.3 is 10.6 Å². The number of sulfonamides is 1. The number of halogens is 1. The summed E-state index contributed by atoms with van der Waals surface area (Å²) < 4.78 is 40.3. The van der Waals surface area contributed by atoms with Crippen molar-refractivity contribution in [2.75, 3.05) is 16.4 Å². The number of nitrogens with one attached hydrogen (secondary N) is 3. The Bertz CT molecular complexity index is 995. The Morgan fingerprint density at radius 3 is 2.23 bits per heavy atom. The van der Waals surface area contributed by atoms with Crippen molar-refractivity contribution in [1.29, 1.82) is 0 Å². The molecule has 162 valence electrons. The fourth-order valence-corrected chi connectivity index (χ4v) is 4.30. The maximum atomic E-state index is 13.6. The van der Waals surface area contributed by atoms with Crippen LogP contribution in [0.2, 0.25) is 0 Å². The number of carbonyl (C=O) groups excluding carboxylic acids is 2. The van der Waals surface area contributed by atoms with Gasteiger partial charge in [-0.1, -0.05) is 12.1 Å². The van der Waals surface area contributed by atoms with Gasteiger partial charge in [-0.25, -0.2) is 17.5 Å². The van der Waals surface area contributed by atoms with Crippen LogP contribution in [0.4, 0.5) is 15.8 Å². The maximum absolute atomic E-state index is 13.6. The highest BCUT2D eigenvalue weighted by Crippen LogP contribution is 2.18. The number of hydrogen-bond acceptors (Lipinski definition) is 5. The van der Waals surface area contributed by atoms with E-state index in [2.05, 4.69) is 15.4 Å². The molecule has 0 fully saturated rings. The van der Waals surface area contributed by atoms with E-state index in [9.17, 15) is 22.4 Å². The second kappa shape index (κ2) is 10.6. The molecule has 2 rings (SSSR count). The smallest absolute Gasteiger partial charge is 0.240 e. The van der Waals surface area contributed by atoms with Gasteiger partial charge >= 0.3 is 0 Å². The zero-order chi connectivity index (χ0) is 22.3. The van der Waals surface area contributed by atoms with E-state index in [0.717, 1.165) is 11.8 Å². The summed E-state index contributed by atoms with van der Waals surface area (Å²) in [4.78, 5) is 24.4. The Kier molecular flexibility index (Phi) is 8.39. The highest BCUT2D eigenvalue weighted by atomic mass is 32.2. The molecule has 0 saturated heterocycles. The van der Waals surface area contributed by atoms with Crippen molar-refractivity contribution in [3.8, 4) is 0 Å². The molecule has 0 spiro atoms. The molecule has 1 atom stereocenters. The van der Waals surface area contributed by atoms with Crippen molar-refractivity contribution >= 4 is 45.0 Å². The Morgan fingerprint density at radius 1 is 1.00 bits per heavy atom. The Morgan fingerprint density at radius 2 is 1.63 bits per heavy atom. The first-order chi connectivity index (χ1) is 14.1. The van der Waals surface area contributed by atoms with E-state index in [1.54, 1.807) is 26.8 Å². The number of thioether (sulfide) groups is 1. The first-order valence-corrected chi connectivity index (χ1v) is 11.7. The predicted molar refractivity (Wildman–Crippen MR) is 117 cm³/mol. The van der Waals surface area contributed by atoms with Crippen molar-refractivity contribution in [2.45, 2.75) is 37.0 Å². The molecule has 0 saturated carbocycles. The lowest BCUT2D eigenvalue weighted by atomic mass is 10.3. The summed E-state index contributed by atoms with van der Waals surface area (Å²) >= 11 is 1.10. The molecule has 0 aliphatic heterocycles. The Balaban J connectivity index is 1.86. The minimum atomic E-state index is -3.61. The average molecular weight is 454 g/mol. The van der Waals surface area contributed by atoms with Crippen LogP contribution in [0.3, 0.4) is 0 Å². The zero-order valence-electron chi connectivity index (χ0n) is 16.8. The van der Waals surface area contributed by atoms with Crippen molar-refractivity contribution < 1.29 is 22.4 Å². The van der Waals surface area contributed by atoms with Gasteiger partial charge in [0.1, 0.15) is 5.82 Å². The molecule has 10 heteroatoms. The number of benzene rings is 2. The molecule has 2 amide bonds. The lowest BCUT2D eigenvalue weighted by Gasteiger charge is -2.13. The monoisotopic (exact) mass is 453 g/mol. The van der Waals surface area contributed by atoms with E-state index in [4.69, 9.17) is 0 Å². The number of carbonyl (C=O) groups is 2. The molecule has 7 nitrogen and oxygen atoms in total. The Labute approximate surface area is 179 Å².